The smallest absolute Gasteiger partial charge is 0.352 e. The minimum Gasteiger partial charge on any atom is -0.477 e. The molecule has 3 atom stereocenters. The first-order valence-corrected chi connectivity index (χ1v) is 13.2. The third kappa shape index (κ3) is 4.53. The number of β-lactam (4-membered cyclic amide) rings is 1. The number of benzene rings is 1. The number of aliphatic carboxylic acids is 1. The summed E-state index contributed by atoms with van der Waals surface area (Å²) in [5.41, 5.74) is 0.336. The van der Waals surface area contributed by atoms with Gasteiger partial charge in [0, 0.05) is 18.6 Å². The Morgan fingerprint density at radius 2 is 2.03 bits per heavy atom. The van der Waals surface area contributed by atoms with Crippen molar-refractivity contribution >= 4 is 51.4 Å². The van der Waals surface area contributed by atoms with Gasteiger partial charge in [-0.05, 0) is 21.6 Å². The van der Waals surface area contributed by atoms with Crippen molar-refractivity contribution in [2.24, 2.45) is 7.05 Å². The molecule has 16 heteroatoms. The van der Waals surface area contributed by atoms with Gasteiger partial charge in [-0.25, -0.2) is 9.48 Å². The van der Waals surface area contributed by atoms with Gasteiger partial charge in [-0.1, -0.05) is 42.1 Å². The van der Waals surface area contributed by atoms with Crippen molar-refractivity contribution in [3.8, 4) is 0 Å². The summed E-state index contributed by atoms with van der Waals surface area (Å²) in [6.07, 6.45) is 0. The number of fused-ring (bicyclic) bond motifs is 1. The van der Waals surface area contributed by atoms with Crippen LogP contribution in [0.5, 0.6) is 0 Å². The van der Waals surface area contributed by atoms with Crippen molar-refractivity contribution in [3.05, 3.63) is 47.2 Å². The normalized spacial score (nSPS) is 21.0. The van der Waals surface area contributed by atoms with E-state index < -0.39 is 44.6 Å². The van der Waals surface area contributed by atoms with E-state index in [1.165, 1.54) is 52.5 Å². The van der Waals surface area contributed by atoms with Gasteiger partial charge in [0.2, 0.25) is 11.1 Å². The lowest BCUT2D eigenvalue weighted by Crippen LogP contribution is -2.71. The molecule has 3 heterocycles. The van der Waals surface area contributed by atoms with Crippen LogP contribution in [-0.2, 0) is 31.5 Å². The maximum Gasteiger partial charge on any atom is 0.352 e. The van der Waals surface area contributed by atoms with Crippen molar-refractivity contribution in [1.82, 2.24) is 30.4 Å². The monoisotopic (exact) mass is 526 g/mol. The van der Waals surface area contributed by atoms with Gasteiger partial charge in [-0.3, -0.25) is 19.0 Å². The predicted molar refractivity (Wildman–Crippen MR) is 120 cm³/mol. The average molecular weight is 527 g/mol. The zero-order valence-corrected chi connectivity index (χ0v) is 19.9. The highest BCUT2D eigenvalue weighted by atomic mass is 32.2. The molecule has 1 aromatic heterocycles. The molecular weight excluding hydrogens is 508 g/mol. The topological polar surface area (TPSA) is 185 Å². The van der Waals surface area contributed by atoms with E-state index in [9.17, 15) is 32.5 Å². The Kier molecular flexibility index (Phi) is 6.66. The molecule has 1 fully saturated rings. The number of tetrazole rings is 1. The Labute approximate surface area is 201 Å². The van der Waals surface area contributed by atoms with E-state index in [1.54, 1.807) is 13.1 Å². The van der Waals surface area contributed by atoms with Crippen LogP contribution in [0, 0.1) is 0 Å². The van der Waals surface area contributed by atoms with E-state index >= 15 is 0 Å². The fourth-order valence-corrected chi connectivity index (χ4v) is 6.78. The summed E-state index contributed by atoms with van der Waals surface area (Å²) < 4.78 is 34.8. The SMILES string of the molecule is Cn1nnnc1SCC1=C(C(=O)O)N2C(=O)C(NC(=O)C(c3ccccc3)S(=O)(=O)O)[C@H]2SC1. The molecule has 2 aliphatic heterocycles. The number of thioether (sulfide) groups is 2. The van der Waals surface area contributed by atoms with Crippen molar-refractivity contribution in [2.45, 2.75) is 21.8 Å². The minimum atomic E-state index is -4.83. The van der Waals surface area contributed by atoms with Gasteiger partial charge in [0.1, 0.15) is 17.1 Å². The standard InChI is InChI=1S/C18H18N6O7S3/c1-23-18(20-21-22-23)33-8-10-7-32-16-11(15(26)24(16)12(10)17(27)28)19-14(25)13(34(29,30)31)9-5-3-2-4-6-9/h2-6,11,13,16H,7-8H2,1H3,(H,19,25)(H,27,28)(H,29,30,31)/t11?,13?,16-/m1/s1. The number of nitrogens with zero attached hydrogens (tertiary/aromatic N) is 5. The number of amides is 2. The summed E-state index contributed by atoms with van der Waals surface area (Å²) in [4.78, 5) is 38.7. The van der Waals surface area contributed by atoms with Crippen LogP contribution in [0.4, 0.5) is 0 Å². The molecule has 2 unspecified atom stereocenters. The Hall–Kier alpha value is -2.95. The molecule has 1 saturated heterocycles. The van der Waals surface area contributed by atoms with Gasteiger partial charge in [-0.15, -0.1) is 16.9 Å². The van der Waals surface area contributed by atoms with E-state index in [1.807, 2.05) is 0 Å². The third-order valence-corrected chi connectivity index (χ3v) is 8.66. The average Bonchev–Trinajstić information content (AvgIpc) is 3.19. The molecule has 2 aliphatic rings. The molecular formula is C18H18N6O7S3. The predicted octanol–water partition coefficient (Wildman–Crippen LogP) is -0.330. The fraction of sp³-hybridized carbons (Fsp3) is 0.333. The van der Waals surface area contributed by atoms with Crippen LogP contribution in [0.1, 0.15) is 10.8 Å². The van der Waals surface area contributed by atoms with Gasteiger partial charge < -0.3 is 10.4 Å². The molecule has 180 valence electrons. The Morgan fingerprint density at radius 1 is 1.32 bits per heavy atom. The zero-order chi connectivity index (χ0) is 24.6. The fourth-order valence-electron chi connectivity index (χ4n) is 3.60. The van der Waals surface area contributed by atoms with Crippen LogP contribution >= 0.6 is 23.5 Å². The van der Waals surface area contributed by atoms with Crippen molar-refractivity contribution in [1.29, 1.82) is 0 Å². The summed E-state index contributed by atoms with van der Waals surface area (Å²) in [5, 5.41) is 21.0. The molecule has 0 saturated carbocycles. The number of carbonyl (C=O) groups is 3. The highest BCUT2D eigenvalue weighted by Crippen LogP contribution is 2.41. The molecule has 0 spiro atoms. The lowest BCUT2D eigenvalue weighted by molar-refractivity contribution is -0.150. The molecule has 2 aromatic rings. The molecule has 1 aromatic carbocycles. The first-order valence-electron chi connectivity index (χ1n) is 9.66. The molecule has 2 amide bonds. The first-order chi connectivity index (χ1) is 16.1. The zero-order valence-electron chi connectivity index (χ0n) is 17.4. The molecule has 0 bridgehead atoms. The highest BCUT2D eigenvalue weighted by Gasteiger charge is 2.55. The minimum absolute atomic E-state index is 0.0334. The molecule has 34 heavy (non-hydrogen) atoms. The second-order valence-electron chi connectivity index (χ2n) is 7.33. The second-order valence-corrected chi connectivity index (χ2v) is 10.9. The maximum absolute atomic E-state index is 12.8. The number of nitrogens with one attached hydrogen (secondary N) is 1. The Morgan fingerprint density at radius 3 is 2.62 bits per heavy atom. The van der Waals surface area contributed by atoms with Gasteiger partial charge in [0.05, 0.1) is 0 Å². The van der Waals surface area contributed by atoms with Gasteiger partial charge >= 0.3 is 5.97 Å². The Balaban J connectivity index is 1.52. The number of carboxylic acid groups (broad SMARTS) is 1. The lowest BCUT2D eigenvalue weighted by Gasteiger charge is -2.49. The second kappa shape index (κ2) is 9.36. The number of carboxylic acids is 1. The van der Waals surface area contributed by atoms with Crippen molar-refractivity contribution in [3.63, 3.8) is 0 Å². The summed E-state index contributed by atoms with van der Waals surface area (Å²) in [5.74, 6) is -2.57. The van der Waals surface area contributed by atoms with Crippen molar-refractivity contribution < 1.29 is 32.5 Å². The summed E-state index contributed by atoms with van der Waals surface area (Å²) >= 11 is 2.45. The summed E-state index contributed by atoms with van der Waals surface area (Å²) in [6.45, 7) is 0. The molecule has 0 radical (unpaired) electrons. The lowest BCUT2D eigenvalue weighted by atomic mass is 10.0. The quantitative estimate of drug-likeness (QED) is 0.231. The maximum atomic E-state index is 12.8. The highest BCUT2D eigenvalue weighted by molar-refractivity contribution is 8.01. The van der Waals surface area contributed by atoms with E-state index in [2.05, 4.69) is 20.8 Å². The van der Waals surface area contributed by atoms with Gasteiger partial charge in [-0.2, -0.15) is 8.42 Å². The van der Waals surface area contributed by atoms with Crippen LogP contribution < -0.4 is 5.32 Å². The number of rotatable bonds is 8. The number of aromatic nitrogens is 4. The van der Waals surface area contributed by atoms with E-state index in [0.717, 1.165) is 4.90 Å². The van der Waals surface area contributed by atoms with Gasteiger partial charge in [0.25, 0.3) is 16.0 Å². The molecule has 4 rings (SSSR count). The van der Waals surface area contributed by atoms with E-state index in [0.29, 0.717) is 10.7 Å². The summed E-state index contributed by atoms with van der Waals surface area (Å²) in [6, 6.07) is 6.22. The third-order valence-electron chi connectivity index (χ3n) is 5.14. The van der Waals surface area contributed by atoms with Gasteiger partial charge in [0.15, 0.2) is 5.25 Å². The van der Waals surface area contributed by atoms with Crippen molar-refractivity contribution in [2.75, 3.05) is 11.5 Å². The van der Waals surface area contributed by atoms with Crippen LogP contribution in [0.15, 0.2) is 46.8 Å². The number of hydrogen-bond donors (Lipinski definition) is 3. The number of aryl methyl sites for hydroxylation is 1. The largest absolute Gasteiger partial charge is 0.477 e. The van der Waals surface area contributed by atoms with Crippen LogP contribution in [0.25, 0.3) is 0 Å². The van der Waals surface area contributed by atoms with Crippen LogP contribution in [0.3, 0.4) is 0 Å². The van der Waals surface area contributed by atoms with Crippen LogP contribution in [0.2, 0.25) is 0 Å². The first kappa shape index (κ1) is 24.2. The molecule has 0 aliphatic carbocycles. The number of carbonyl (C=O) groups excluding carboxylic acids is 2. The molecule has 3 N–H and O–H groups in total. The van der Waals surface area contributed by atoms with Crippen LogP contribution in [-0.4, -0.2) is 83.9 Å². The van der Waals surface area contributed by atoms with E-state index in [4.69, 9.17) is 0 Å². The Bertz CT molecular complexity index is 1280. The summed E-state index contributed by atoms with van der Waals surface area (Å²) in [7, 11) is -3.19. The van der Waals surface area contributed by atoms with E-state index in [-0.39, 0.29) is 22.8 Å². The number of hydrogen-bond acceptors (Lipinski definition) is 10. The molecule has 13 nitrogen and oxygen atoms in total.